The van der Waals surface area contributed by atoms with Crippen LogP contribution in [-0.2, 0) is 0 Å². The fourth-order valence-electron chi connectivity index (χ4n) is 0.841. The molecule has 0 bridgehead atoms. The van der Waals surface area contributed by atoms with Crippen LogP contribution in [0.1, 0.15) is 1.37 Å². The molecule has 0 radical (unpaired) electrons. The van der Waals surface area contributed by atoms with Crippen LogP contribution in [0.5, 0.6) is 0 Å². The smallest absolute Gasteiger partial charge is 0.0840 e. The lowest BCUT2D eigenvalue weighted by Gasteiger charge is -1.82. The summed E-state index contributed by atoms with van der Waals surface area (Å²) in [4.78, 5) is 6.82. The first-order chi connectivity index (χ1) is 4.86. The second-order valence-electron chi connectivity index (χ2n) is 1.88. The lowest BCUT2D eigenvalue weighted by molar-refractivity contribution is 1.34. The van der Waals surface area contributed by atoms with Gasteiger partial charge in [-0.3, -0.25) is 4.98 Å². The van der Waals surface area contributed by atoms with Gasteiger partial charge in [0.2, 0.25) is 0 Å². The number of aromatic nitrogens is 2. The topological polar surface area (TPSA) is 28.7 Å². The number of nitrogens with zero attached hydrogens (tertiary/aromatic N) is 1. The van der Waals surface area contributed by atoms with Crippen molar-refractivity contribution in [2.75, 3.05) is 0 Å². The van der Waals surface area contributed by atoms with Crippen LogP contribution in [0.3, 0.4) is 0 Å². The van der Waals surface area contributed by atoms with Crippen LogP contribution in [0.2, 0.25) is 0 Å². The molecule has 2 rings (SSSR count). The van der Waals surface area contributed by atoms with Crippen LogP contribution in [0.4, 0.5) is 0 Å². The van der Waals surface area contributed by atoms with Crippen LogP contribution < -0.4 is 0 Å². The summed E-state index contributed by atoms with van der Waals surface area (Å²) in [5, 5.41) is 1.04. The first kappa shape index (κ1) is 3.67. The molecule has 0 unspecified atom stereocenters. The predicted octanol–water partition coefficient (Wildman–Crippen LogP) is 1.56. The zero-order valence-electron chi connectivity index (χ0n) is 5.76. The number of nitrogens with one attached hydrogen (secondary N) is 1. The number of pyridine rings is 1. The van der Waals surface area contributed by atoms with Crippen molar-refractivity contribution >= 4 is 10.9 Å². The number of aromatic amines is 1. The van der Waals surface area contributed by atoms with E-state index in [4.69, 9.17) is 1.37 Å². The van der Waals surface area contributed by atoms with E-state index in [-0.39, 0.29) is 0 Å². The van der Waals surface area contributed by atoms with Crippen molar-refractivity contribution in [1.29, 1.82) is 0 Å². The molecular weight excluding hydrogens is 112 g/mol. The van der Waals surface area contributed by atoms with Crippen molar-refractivity contribution in [3.05, 3.63) is 30.7 Å². The zero-order chi connectivity index (χ0) is 6.97. The van der Waals surface area contributed by atoms with Crippen molar-refractivity contribution < 1.29 is 1.37 Å². The summed E-state index contributed by atoms with van der Waals surface area (Å²) in [6, 6.07) is 3.65. The Kier molecular flexibility index (Phi) is 0.646. The van der Waals surface area contributed by atoms with E-state index in [9.17, 15) is 0 Å². The average molecular weight is 119 g/mol. The van der Waals surface area contributed by atoms with E-state index >= 15 is 0 Å². The van der Waals surface area contributed by atoms with Crippen molar-refractivity contribution in [3.63, 3.8) is 0 Å². The van der Waals surface area contributed by atoms with Gasteiger partial charge in [0.1, 0.15) is 0 Å². The minimum atomic E-state index is 0.312. The molecular formula is C7H6N2. The van der Waals surface area contributed by atoms with Gasteiger partial charge in [0.15, 0.2) is 0 Å². The second-order valence-corrected chi connectivity index (χ2v) is 1.88. The molecule has 1 N–H and O–H groups in total. The van der Waals surface area contributed by atoms with Gasteiger partial charge in [-0.05, 0) is 12.1 Å². The molecule has 2 aromatic rings. The van der Waals surface area contributed by atoms with Gasteiger partial charge in [0, 0.05) is 17.8 Å². The van der Waals surface area contributed by atoms with E-state index in [1.165, 1.54) is 0 Å². The maximum absolute atomic E-state index is 7.19. The molecule has 0 aliphatic carbocycles. The maximum atomic E-state index is 7.19. The zero-order valence-corrected chi connectivity index (χ0v) is 4.76. The van der Waals surface area contributed by atoms with Crippen LogP contribution in [0, 0.1) is 0 Å². The van der Waals surface area contributed by atoms with Crippen LogP contribution >= 0.6 is 0 Å². The van der Waals surface area contributed by atoms with Gasteiger partial charge in [-0.1, -0.05) is 0 Å². The van der Waals surface area contributed by atoms with E-state index < -0.39 is 0 Å². The number of rotatable bonds is 0. The summed E-state index contributed by atoms with van der Waals surface area (Å²) in [5.41, 5.74) is 0.982. The summed E-state index contributed by atoms with van der Waals surface area (Å²) in [5.74, 6) is 0. The molecule has 0 atom stereocenters. The monoisotopic (exact) mass is 119 g/mol. The Hall–Kier alpha value is -1.31. The Morgan fingerprint density at radius 1 is 1.56 bits per heavy atom. The molecule has 2 nitrogen and oxygen atoms in total. The molecule has 0 aliphatic heterocycles. The molecule has 0 saturated carbocycles. The van der Waals surface area contributed by atoms with Gasteiger partial charge in [0.05, 0.1) is 13.1 Å². The third-order valence-corrected chi connectivity index (χ3v) is 1.30. The minimum absolute atomic E-state index is 0.312. The van der Waals surface area contributed by atoms with Crippen molar-refractivity contribution in [2.24, 2.45) is 0 Å². The SMILES string of the molecule is [2H]c1cc2cc[nH]c2cn1. The summed E-state index contributed by atoms with van der Waals surface area (Å²) in [7, 11) is 0. The lowest BCUT2D eigenvalue weighted by Crippen LogP contribution is -1.68. The number of hydrogen-bond acceptors (Lipinski definition) is 1. The molecule has 9 heavy (non-hydrogen) atoms. The lowest BCUT2D eigenvalue weighted by atomic mass is 10.3. The fraction of sp³-hybridized carbons (Fsp3) is 0. The molecule has 0 saturated heterocycles. The Bertz CT molecular complexity index is 353. The Morgan fingerprint density at radius 3 is 3.56 bits per heavy atom. The quantitative estimate of drug-likeness (QED) is 0.560. The summed E-state index contributed by atoms with van der Waals surface area (Å²) in [6.07, 6.45) is 3.82. The van der Waals surface area contributed by atoms with Crippen LogP contribution in [-0.4, -0.2) is 9.97 Å². The number of hydrogen-bond donors (Lipinski definition) is 1. The first-order valence-corrected chi connectivity index (χ1v) is 2.76. The molecule has 0 aliphatic rings. The molecule has 2 heteroatoms. The fourth-order valence-corrected chi connectivity index (χ4v) is 0.841. The summed E-state index contributed by atoms with van der Waals surface area (Å²) >= 11 is 0. The molecule has 0 fully saturated rings. The second kappa shape index (κ2) is 1.58. The largest absolute Gasteiger partial charge is 0.360 e. The van der Waals surface area contributed by atoms with E-state index in [2.05, 4.69) is 9.97 Å². The Morgan fingerprint density at radius 2 is 2.56 bits per heavy atom. The van der Waals surface area contributed by atoms with Gasteiger partial charge >= 0.3 is 0 Å². The molecule has 2 heterocycles. The molecule has 0 aromatic carbocycles. The first-order valence-electron chi connectivity index (χ1n) is 3.26. The Balaban J connectivity index is 2.86. The maximum Gasteiger partial charge on any atom is 0.0840 e. The third-order valence-electron chi connectivity index (χ3n) is 1.30. The van der Waals surface area contributed by atoms with Gasteiger partial charge < -0.3 is 4.98 Å². The number of H-pyrrole nitrogens is 1. The van der Waals surface area contributed by atoms with Crippen molar-refractivity contribution in [1.82, 2.24) is 9.97 Å². The van der Waals surface area contributed by atoms with E-state index in [0.717, 1.165) is 10.9 Å². The van der Waals surface area contributed by atoms with E-state index in [0.29, 0.717) is 6.17 Å². The van der Waals surface area contributed by atoms with Gasteiger partial charge in [-0.15, -0.1) is 0 Å². The van der Waals surface area contributed by atoms with Crippen LogP contribution in [0.25, 0.3) is 10.9 Å². The number of fused-ring (bicyclic) bond motifs is 1. The van der Waals surface area contributed by atoms with E-state index in [1.807, 2.05) is 12.3 Å². The third kappa shape index (κ3) is 0.598. The van der Waals surface area contributed by atoms with Crippen LogP contribution in [0.15, 0.2) is 30.7 Å². The highest BCUT2D eigenvalue weighted by molar-refractivity contribution is 5.77. The summed E-state index contributed by atoms with van der Waals surface area (Å²) < 4.78 is 7.19. The normalized spacial score (nSPS) is 11.8. The predicted molar refractivity (Wildman–Crippen MR) is 36.1 cm³/mol. The van der Waals surface area contributed by atoms with E-state index in [1.54, 1.807) is 12.3 Å². The average Bonchev–Trinajstić information content (AvgIpc) is 2.33. The molecule has 0 spiro atoms. The van der Waals surface area contributed by atoms with Gasteiger partial charge in [-0.2, -0.15) is 0 Å². The highest BCUT2D eigenvalue weighted by Gasteiger charge is 1.87. The highest BCUT2D eigenvalue weighted by atomic mass is 14.7. The van der Waals surface area contributed by atoms with Gasteiger partial charge in [-0.25, -0.2) is 0 Å². The molecule has 0 amide bonds. The Labute approximate surface area is 53.9 Å². The summed E-state index contributed by atoms with van der Waals surface area (Å²) in [6.45, 7) is 0. The highest BCUT2D eigenvalue weighted by Crippen LogP contribution is 2.07. The standard InChI is InChI=1S/C7H6N2/c1-3-8-5-7-6(1)2-4-9-7/h1-5,9H/i3D. The van der Waals surface area contributed by atoms with Crippen molar-refractivity contribution in [3.8, 4) is 0 Å². The van der Waals surface area contributed by atoms with Gasteiger partial charge in [0.25, 0.3) is 0 Å². The molecule has 2 aromatic heterocycles. The molecule has 44 valence electrons. The minimum Gasteiger partial charge on any atom is -0.360 e. The van der Waals surface area contributed by atoms with Crippen molar-refractivity contribution in [2.45, 2.75) is 0 Å².